The molecule has 0 amide bonds. The normalized spacial score (nSPS) is 25.5. The van der Waals surface area contributed by atoms with Crippen LogP contribution in [0.2, 0.25) is 5.02 Å². The summed E-state index contributed by atoms with van der Waals surface area (Å²) in [6.45, 7) is 1.13. The third kappa shape index (κ3) is 5.18. The van der Waals surface area contributed by atoms with Gasteiger partial charge in [0, 0.05) is 47.9 Å². The number of amidine groups is 1. The molecular weight excluding hydrogens is 542 g/mol. The number of halogens is 3. The second-order valence-corrected chi connectivity index (χ2v) is 10.7. The lowest BCUT2D eigenvalue weighted by molar-refractivity contribution is -0.141. The molecule has 3 aliphatic rings. The van der Waals surface area contributed by atoms with Crippen molar-refractivity contribution in [2.24, 2.45) is 10.9 Å². The lowest BCUT2D eigenvalue weighted by atomic mass is 9.82. The molecule has 3 aliphatic heterocycles. The third-order valence-corrected chi connectivity index (χ3v) is 8.26. The topological polar surface area (TPSA) is 113 Å². The van der Waals surface area contributed by atoms with Gasteiger partial charge >= 0.3 is 11.9 Å². The number of aliphatic imine (C=N–C) groups is 1. The Morgan fingerprint density at radius 2 is 2.03 bits per heavy atom. The Hall–Kier alpha value is -2.93. The molecule has 4 atom stereocenters. The number of nitrogens with one attached hydrogen (secondary N) is 1. The van der Waals surface area contributed by atoms with Crippen LogP contribution in [0, 0.1) is 17.6 Å². The van der Waals surface area contributed by atoms with Crippen LogP contribution in [0.4, 0.5) is 8.78 Å². The summed E-state index contributed by atoms with van der Waals surface area (Å²) in [7, 11) is 1.23. The fourth-order valence-electron chi connectivity index (χ4n) is 5.45. The highest BCUT2D eigenvalue weighted by atomic mass is 35.5. The predicted octanol–water partition coefficient (Wildman–Crippen LogP) is 3.55. The van der Waals surface area contributed by atoms with Crippen LogP contribution in [-0.4, -0.2) is 71.7 Å². The Labute approximate surface area is 226 Å². The zero-order valence-corrected chi connectivity index (χ0v) is 21.9. The summed E-state index contributed by atoms with van der Waals surface area (Å²) in [5.41, 5.74) is 0.700. The summed E-state index contributed by atoms with van der Waals surface area (Å²) in [6.07, 6.45) is 2.97. The van der Waals surface area contributed by atoms with Crippen molar-refractivity contribution in [3.05, 3.63) is 62.2 Å². The largest absolute Gasteiger partial charge is 0.481 e. The average Bonchev–Trinajstić information content (AvgIpc) is 3.42. The van der Waals surface area contributed by atoms with E-state index in [-0.39, 0.29) is 42.1 Å². The van der Waals surface area contributed by atoms with Crippen LogP contribution in [0.15, 0.2) is 40.0 Å². The van der Waals surface area contributed by atoms with Crippen molar-refractivity contribution in [1.82, 2.24) is 15.2 Å². The molecule has 0 spiro atoms. The maximum Gasteiger partial charge on any atom is 0.338 e. The van der Waals surface area contributed by atoms with Crippen molar-refractivity contribution in [1.29, 1.82) is 0 Å². The SMILES string of the molecule is COC(=O)C1=C(CN2[C@@H]3COC[C@H]2C[C@H](CC(=O)O)C3)NC(c2nccs2)=N[C@H]1c1ccc(F)c(F)c1Cl. The minimum atomic E-state index is -1.23. The van der Waals surface area contributed by atoms with Crippen LogP contribution in [0.1, 0.15) is 35.9 Å². The first kappa shape index (κ1) is 26.7. The lowest BCUT2D eigenvalue weighted by Gasteiger charge is -2.49. The second-order valence-electron chi connectivity index (χ2n) is 9.44. The van der Waals surface area contributed by atoms with Gasteiger partial charge in [0.05, 0.1) is 30.9 Å². The zero-order valence-electron chi connectivity index (χ0n) is 20.3. The molecule has 1 aromatic carbocycles. The quantitative estimate of drug-likeness (QED) is 0.386. The highest BCUT2D eigenvalue weighted by molar-refractivity contribution is 7.11. The van der Waals surface area contributed by atoms with Crippen LogP contribution in [-0.2, 0) is 19.1 Å². The Morgan fingerprint density at radius 3 is 2.66 bits per heavy atom. The van der Waals surface area contributed by atoms with Crippen LogP contribution >= 0.6 is 22.9 Å². The van der Waals surface area contributed by atoms with E-state index in [9.17, 15) is 23.5 Å². The van der Waals surface area contributed by atoms with Crippen LogP contribution in [0.3, 0.4) is 0 Å². The van der Waals surface area contributed by atoms with Crippen molar-refractivity contribution in [3.8, 4) is 0 Å². The molecule has 1 aromatic heterocycles. The van der Waals surface area contributed by atoms with Crippen LogP contribution in [0.5, 0.6) is 0 Å². The number of methoxy groups -OCH3 is 1. The number of benzene rings is 1. The molecule has 38 heavy (non-hydrogen) atoms. The number of hydrogen-bond acceptors (Lipinski definition) is 9. The number of esters is 1. The summed E-state index contributed by atoms with van der Waals surface area (Å²) < 4.78 is 39.3. The van der Waals surface area contributed by atoms with Gasteiger partial charge < -0.3 is 19.9 Å². The van der Waals surface area contributed by atoms with E-state index in [4.69, 9.17) is 21.1 Å². The Morgan fingerprint density at radius 1 is 1.29 bits per heavy atom. The Bertz CT molecular complexity index is 1290. The molecule has 13 heteroatoms. The average molecular weight is 567 g/mol. The Balaban J connectivity index is 1.57. The number of hydrogen-bond donors (Lipinski definition) is 2. The van der Waals surface area contributed by atoms with Gasteiger partial charge in [-0.2, -0.15) is 0 Å². The molecule has 0 saturated carbocycles. The molecular formula is C25H25ClF2N4O5S. The first-order valence-corrected chi connectivity index (χ1v) is 13.3. The summed E-state index contributed by atoms with van der Waals surface area (Å²) in [4.78, 5) is 35.7. The number of thiazole rings is 1. The number of aromatic nitrogens is 1. The molecule has 2 saturated heterocycles. The predicted molar refractivity (Wildman–Crippen MR) is 135 cm³/mol. The van der Waals surface area contributed by atoms with Gasteiger partial charge in [-0.05, 0) is 24.8 Å². The molecule has 2 N–H and O–H groups in total. The van der Waals surface area contributed by atoms with E-state index in [1.54, 1.807) is 11.6 Å². The van der Waals surface area contributed by atoms with Gasteiger partial charge in [0.15, 0.2) is 22.5 Å². The summed E-state index contributed by atoms with van der Waals surface area (Å²) >= 11 is 7.55. The number of aliphatic carboxylic acids is 1. The van der Waals surface area contributed by atoms with Gasteiger partial charge in [-0.3, -0.25) is 14.7 Å². The number of carbonyl (C=O) groups is 2. The molecule has 5 rings (SSSR count). The van der Waals surface area contributed by atoms with E-state index < -0.39 is 34.6 Å². The standard InChI is InChI=1S/C25H25ClF2N4O5S/c1-36-25(35)19-17(9-32-13-6-12(8-18(33)34)7-14(32)11-37-10-13)30-23(24-29-4-5-38-24)31-22(19)15-2-3-16(27)21(28)20(15)26/h2-5,12-14,22H,6-11H2,1H3,(H,30,31)(H,33,34)/t12-,13+,14-,22-/m0/s1. The minimum absolute atomic E-state index is 0.0252. The molecule has 2 fully saturated rings. The van der Waals surface area contributed by atoms with Gasteiger partial charge in [0.2, 0.25) is 0 Å². The number of ether oxygens (including phenoxy) is 2. The van der Waals surface area contributed by atoms with Gasteiger partial charge in [-0.1, -0.05) is 17.7 Å². The van der Waals surface area contributed by atoms with E-state index in [1.807, 2.05) is 0 Å². The van der Waals surface area contributed by atoms with Gasteiger partial charge in [-0.25, -0.2) is 18.6 Å². The summed E-state index contributed by atoms with van der Waals surface area (Å²) in [5, 5.41) is 14.4. The van der Waals surface area contributed by atoms with Gasteiger partial charge in [-0.15, -0.1) is 11.3 Å². The number of piperidine rings is 1. The van der Waals surface area contributed by atoms with E-state index in [0.29, 0.717) is 42.6 Å². The summed E-state index contributed by atoms with van der Waals surface area (Å²) in [6, 6.07) is 1.04. The van der Waals surface area contributed by atoms with Crippen LogP contribution < -0.4 is 5.32 Å². The van der Waals surface area contributed by atoms with E-state index in [1.165, 1.54) is 24.5 Å². The van der Waals surface area contributed by atoms with Gasteiger partial charge in [0.1, 0.15) is 6.04 Å². The maximum absolute atomic E-state index is 14.5. The molecule has 0 radical (unpaired) electrons. The highest BCUT2D eigenvalue weighted by Crippen LogP contribution is 2.39. The van der Waals surface area contributed by atoms with E-state index in [2.05, 4.69) is 20.2 Å². The smallest absolute Gasteiger partial charge is 0.338 e. The summed E-state index contributed by atoms with van der Waals surface area (Å²) in [5.74, 6) is -3.48. The van der Waals surface area contributed by atoms with Crippen molar-refractivity contribution >= 4 is 40.7 Å². The minimum Gasteiger partial charge on any atom is -0.481 e. The monoisotopic (exact) mass is 566 g/mol. The third-order valence-electron chi connectivity index (χ3n) is 7.10. The van der Waals surface area contributed by atoms with Crippen molar-refractivity contribution in [3.63, 3.8) is 0 Å². The fraction of sp³-hybridized carbons (Fsp3) is 0.440. The molecule has 2 bridgehead atoms. The number of carboxylic acid groups (broad SMARTS) is 1. The molecule has 0 unspecified atom stereocenters. The number of morpholine rings is 1. The first-order valence-electron chi connectivity index (χ1n) is 12.0. The van der Waals surface area contributed by atoms with Gasteiger partial charge in [0.25, 0.3) is 0 Å². The second kappa shape index (κ2) is 11.0. The van der Waals surface area contributed by atoms with Crippen LogP contribution in [0.25, 0.3) is 0 Å². The van der Waals surface area contributed by atoms with Crippen molar-refractivity contribution in [2.75, 3.05) is 26.9 Å². The molecule has 4 heterocycles. The maximum atomic E-state index is 14.5. The van der Waals surface area contributed by atoms with E-state index in [0.717, 1.165) is 6.07 Å². The van der Waals surface area contributed by atoms with Crippen molar-refractivity contribution < 1.29 is 33.0 Å². The van der Waals surface area contributed by atoms with Crippen molar-refractivity contribution in [2.45, 2.75) is 37.4 Å². The highest BCUT2D eigenvalue weighted by Gasteiger charge is 2.42. The first-order chi connectivity index (χ1) is 18.3. The number of fused-ring (bicyclic) bond motifs is 2. The molecule has 202 valence electrons. The number of rotatable bonds is 7. The molecule has 0 aliphatic carbocycles. The Kier molecular flexibility index (Phi) is 7.75. The number of carboxylic acids is 1. The molecule has 9 nitrogen and oxygen atoms in total. The number of nitrogens with zero attached hydrogens (tertiary/aromatic N) is 3. The van der Waals surface area contributed by atoms with E-state index >= 15 is 0 Å². The fourth-order valence-corrected chi connectivity index (χ4v) is 6.30. The zero-order chi connectivity index (χ0) is 27.0. The lowest BCUT2D eigenvalue weighted by Crippen LogP contribution is -2.58. The molecule has 2 aromatic rings. The number of carbonyl (C=O) groups excluding carboxylic acids is 1.